The average Bonchev–Trinajstić information content (AvgIpc) is 2.03. The number of urea groups is 2. The van der Waals surface area contributed by atoms with Crippen LogP contribution in [0.2, 0.25) is 0 Å². The van der Waals surface area contributed by atoms with E-state index in [0.717, 1.165) is 0 Å². The summed E-state index contributed by atoms with van der Waals surface area (Å²) in [6.07, 6.45) is -1.56. The lowest BCUT2D eigenvalue weighted by Crippen LogP contribution is -2.47. The summed E-state index contributed by atoms with van der Waals surface area (Å²) in [6, 6.07) is -2.52. The van der Waals surface area contributed by atoms with Crippen LogP contribution in [-0.4, -0.2) is 28.6 Å². The van der Waals surface area contributed by atoms with Gasteiger partial charge in [0.05, 0.1) is 0 Å². The van der Waals surface area contributed by atoms with Gasteiger partial charge in [0.25, 0.3) is 0 Å². The molecule has 0 saturated carbocycles. The van der Waals surface area contributed by atoms with Gasteiger partial charge in [-0.1, -0.05) is 10.3 Å². The summed E-state index contributed by atoms with van der Waals surface area (Å²) < 4.78 is 0. The summed E-state index contributed by atoms with van der Waals surface area (Å²) in [5.41, 5.74) is 9.14. The molecular weight excluding hydrogens is 200 g/mol. The van der Waals surface area contributed by atoms with Crippen molar-refractivity contribution in [2.75, 3.05) is 0 Å². The van der Waals surface area contributed by atoms with Crippen LogP contribution in [0.5, 0.6) is 0 Å². The molecule has 0 aliphatic rings. The third kappa shape index (κ3) is 3.93. The molecule has 11 nitrogen and oxygen atoms in total. The molecule has 0 aromatic heterocycles. The van der Waals surface area contributed by atoms with Gasteiger partial charge in [-0.15, -0.1) is 0 Å². The van der Waals surface area contributed by atoms with Gasteiger partial charge >= 0.3 is 18.2 Å². The maximum atomic E-state index is 10.6. The monoisotopic (exact) mass is 208 g/mol. The van der Waals surface area contributed by atoms with E-state index in [-0.39, 0.29) is 10.3 Å². The maximum absolute atomic E-state index is 10.6. The first-order chi connectivity index (χ1) is 6.34. The van der Waals surface area contributed by atoms with Crippen molar-refractivity contribution in [1.29, 1.82) is 0 Å². The molecule has 0 spiro atoms. The first kappa shape index (κ1) is 11.7. The molecule has 0 atom stereocenters. The largest absolute Gasteiger partial charge is 0.561 e. The lowest BCUT2D eigenvalue weighted by Gasteiger charge is -2.14. The summed E-state index contributed by atoms with van der Waals surface area (Å²) in [5.74, 6) is 9.46. The topological polar surface area (TPSA) is 180 Å². The maximum Gasteiger partial charge on any atom is 0.561 e. The van der Waals surface area contributed by atoms with Gasteiger partial charge in [0, 0.05) is 0 Å². The fraction of sp³-hybridized carbons (Fsp3) is 0. The molecule has 0 saturated heterocycles. The first-order valence-corrected chi connectivity index (χ1v) is 2.93. The second-order valence-corrected chi connectivity index (χ2v) is 1.76. The van der Waals surface area contributed by atoms with E-state index in [2.05, 4.69) is 21.1 Å². The fourth-order valence-corrected chi connectivity index (χ4v) is 0.267. The second-order valence-electron chi connectivity index (χ2n) is 1.76. The molecule has 0 bridgehead atoms. The number of hydrazine groups is 2. The van der Waals surface area contributed by atoms with E-state index in [9.17, 15) is 14.4 Å². The lowest BCUT2D eigenvalue weighted by molar-refractivity contribution is -0.149. The predicted octanol–water partition coefficient (Wildman–Crippen LogP) is -2.52. The number of nitrogens with two attached hydrogens (primary N) is 4. The van der Waals surface area contributed by atoms with Crippen molar-refractivity contribution in [2.24, 2.45) is 23.2 Å². The highest BCUT2D eigenvalue weighted by Gasteiger charge is 2.17. The second kappa shape index (κ2) is 4.68. The normalized spacial score (nSPS) is 8.71. The van der Waals surface area contributed by atoms with Gasteiger partial charge in [-0.25, -0.2) is 21.3 Å². The molecule has 8 N–H and O–H groups in total. The number of rotatable bonds is 0. The molecule has 80 valence electrons. The molecule has 4 amide bonds. The highest BCUT2D eigenvalue weighted by molar-refractivity contribution is 5.74. The van der Waals surface area contributed by atoms with Crippen molar-refractivity contribution in [3.05, 3.63) is 0 Å². The van der Waals surface area contributed by atoms with Crippen molar-refractivity contribution in [2.45, 2.75) is 0 Å². The van der Waals surface area contributed by atoms with Gasteiger partial charge in [-0.2, -0.15) is 4.79 Å². The number of carbonyl (C=O) groups is 3. The minimum atomic E-state index is -1.56. The summed E-state index contributed by atoms with van der Waals surface area (Å²) in [4.78, 5) is 38.7. The van der Waals surface area contributed by atoms with Gasteiger partial charge < -0.3 is 11.5 Å². The van der Waals surface area contributed by atoms with Crippen LogP contribution < -0.4 is 23.2 Å². The number of hydrogen-bond acceptors (Lipinski definition) is 7. The van der Waals surface area contributed by atoms with Gasteiger partial charge in [-0.05, 0) is 0 Å². The Balaban J connectivity index is 3.99. The average molecular weight is 208 g/mol. The van der Waals surface area contributed by atoms with Crippen LogP contribution in [0.3, 0.4) is 0 Å². The van der Waals surface area contributed by atoms with Gasteiger partial charge in [0.1, 0.15) is 0 Å². The van der Waals surface area contributed by atoms with Gasteiger partial charge in [0.2, 0.25) is 0 Å². The van der Waals surface area contributed by atoms with Crippen LogP contribution in [0.1, 0.15) is 0 Å². The number of amides is 4. The molecule has 0 aliphatic carbocycles. The lowest BCUT2D eigenvalue weighted by atomic mass is 11.1. The standard InChI is InChI=1S/C3H8N6O5/c4-1(10)8(6)13-3(12)14-9(7)2(5)11/h6-7H2,(H2,4,10)(H2,5,11). The summed E-state index contributed by atoms with van der Waals surface area (Å²) in [6.45, 7) is 0. The Morgan fingerprint density at radius 3 is 1.36 bits per heavy atom. The SMILES string of the molecule is NC(=O)N(N)OC(=O)ON(N)C(N)=O. The first-order valence-electron chi connectivity index (χ1n) is 2.93. The van der Waals surface area contributed by atoms with E-state index in [4.69, 9.17) is 11.7 Å². The number of hydrogen-bond donors (Lipinski definition) is 4. The van der Waals surface area contributed by atoms with E-state index >= 15 is 0 Å². The number of carbonyl (C=O) groups excluding carboxylic acids is 3. The highest BCUT2D eigenvalue weighted by atomic mass is 16.9. The Kier molecular flexibility index (Phi) is 3.92. The van der Waals surface area contributed by atoms with Crippen LogP contribution in [0.15, 0.2) is 0 Å². The molecule has 0 aliphatic heterocycles. The quantitative estimate of drug-likeness (QED) is 0.192. The van der Waals surface area contributed by atoms with Crippen LogP contribution in [0, 0.1) is 0 Å². The van der Waals surface area contributed by atoms with Crippen molar-refractivity contribution in [3.8, 4) is 0 Å². The minimum absolute atomic E-state index is 0.128. The van der Waals surface area contributed by atoms with Gasteiger partial charge in [-0.3, -0.25) is 9.68 Å². The van der Waals surface area contributed by atoms with Crippen LogP contribution >= 0.6 is 0 Å². The smallest absolute Gasteiger partial charge is 0.348 e. The van der Waals surface area contributed by atoms with Crippen molar-refractivity contribution < 1.29 is 24.1 Å². The van der Waals surface area contributed by atoms with Crippen LogP contribution in [-0.2, 0) is 9.68 Å². The zero-order chi connectivity index (χ0) is 11.3. The van der Waals surface area contributed by atoms with Crippen molar-refractivity contribution in [3.63, 3.8) is 0 Å². The molecule has 0 aromatic rings. The fourth-order valence-electron chi connectivity index (χ4n) is 0.267. The number of hydroxylamine groups is 2. The Bertz CT molecular complexity index is 230. The molecule has 14 heavy (non-hydrogen) atoms. The highest BCUT2D eigenvalue weighted by Crippen LogP contribution is 1.89. The van der Waals surface area contributed by atoms with Crippen molar-refractivity contribution >= 4 is 18.2 Å². The third-order valence-electron chi connectivity index (χ3n) is 0.780. The minimum Gasteiger partial charge on any atom is -0.348 e. The predicted molar refractivity (Wildman–Crippen MR) is 38.8 cm³/mol. The Hall–Kier alpha value is -2.27. The Morgan fingerprint density at radius 1 is 0.857 bits per heavy atom. The molecule has 0 aromatic carbocycles. The Labute approximate surface area is 76.9 Å². The van der Waals surface area contributed by atoms with E-state index in [0.29, 0.717) is 0 Å². The zero-order valence-electron chi connectivity index (χ0n) is 6.75. The summed E-state index contributed by atoms with van der Waals surface area (Å²) >= 11 is 0. The third-order valence-corrected chi connectivity index (χ3v) is 0.780. The molecule has 0 unspecified atom stereocenters. The van der Waals surface area contributed by atoms with E-state index < -0.39 is 18.2 Å². The summed E-state index contributed by atoms with van der Waals surface area (Å²) in [7, 11) is 0. The molecular formula is C3H8N6O5. The van der Waals surface area contributed by atoms with E-state index in [1.54, 1.807) is 0 Å². The number of nitrogens with zero attached hydrogens (tertiary/aromatic N) is 2. The number of primary amides is 2. The molecule has 0 fully saturated rings. The molecule has 0 radical (unpaired) electrons. The zero-order valence-corrected chi connectivity index (χ0v) is 6.75. The van der Waals surface area contributed by atoms with E-state index in [1.165, 1.54) is 0 Å². The Morgan fingerprint density at radius 2 is 1.14 bits per heavy atom. The van der Waals surface area contributed by atoms with Crippen LogP contribution in [0.25, 0.3) is 0 Å². The molecule has 11 heteroatoms. The van der Waals surface area contributed by atoms with Crippen LogP contribution in [0.4, 0.5) is 14.4 Å². The van der Waals surface area contributed by atoms with E-state index in [1.807, 2.05) is 0 Å². The molecule has 0 rings (SSSR count). The summed E-state index contributed by atoms with van der Waals surface area (Å²) in [5, 5.41) is -0.256. The van der Waals surface area contributed by atoms with Crippen molar-refractivity contribution in [1.82, 2.24) is 10.3 Å². The van der Waals surface area contributed by atoms with Gasteiger partial charge in [0.15, 0.2) is 0 Å². The molecule has 0 heterocycles.